The van der Waals surface area contributed by atoms with Crippen LogP contribution in [0.5, 0.6) is 17.2 Å². The van der Waals surface area contributed by atoms with E-state index in [4.69, 9.17) is 14.2 Å². The van der Waals surface area contributed by atoms with Crippen LogP contribution in [0.4, 0.5) is 10.5 Å². The zero-order valence-corrected chi connectivity index (χ0v) is 19.8. The lowest BCUT2D eigenvalue weighted by Crippen LogP contribution is -2.45. The second kappa shape index (κ2) is 10.6. The van der Waals surface area contributed by atoms with Gasteiger partial charge in [0.25, 0.3) is 5.91 Å². The van der Waals surface area contributed by atoms with Gasteiger partial charge in [-0.1, -0.05) is 36.4 Å². The fraction of sp³-hybridized carbons (Fsp3) is 0.185. The molecule has 1 unspecified atom stereocenters. The minimum atomic E-state index is -0.681. The van der Waals surface area contributed by atoms with Gasteiger partial charge in [0.2, 0.25) is 0 Å². The summed E-state index contributed by atoms with van der Waals surface area (Å²) in [6.07, 6.45) is 0. The van der Waals surface area contributed by atoms with E-state index >= 15 is 0 Å². The van der Waals surface area contributed by atoms with E-state index in [1.807, 2.05) is 36.4 Å². The molecule has 8 nitrogen and oxygen atoms in total. The molecule has 3 amide bonds. The van der Waals surface area contributed by atoms with Crippen LogP contribution in [0.25, 0.3) is 0 Å². The van der Waals surface area contributed by atoms with Crippen molar-refractivity contribution < 1.29 is 23.8 Å². The van der Waals surface area contributed by atoms with Gasteiger partial charge in [0, 0.05) is 11.4 Å². The van der Waals surface area contributed by atoms with Gasteiger partial charge in [-0.3, -0.25) is 4.79 Å². The first-order chi connectivity index (χ1) is 17.0. The molecule has 0 bridgehead atoms. The van der Waals surface area contributed by atoms with E-state index in [2.05, 4.69) is 16.0 Å². The lowest BCUT2D eigenvalue weighted by Gasteiger charge is -2.29. The SMILES string of the molecule is COc1ccc(NC(=O)C2=C(C)NC(=O)NC2c2ccc(OCc3ccccc3)c(OC)c2)cc1. The molecular formula is C27H27N3O5. The van der Waals surface area contributed by atoms with Crippen LogP contribution in [0.3, 0.4) is 0 Å². The number of anilines is 1. The van der Waals surface area contributed by atoms with Crippen molar-refractivity contribution >= 4 is 17.6 Å². The van der Waals surface area contributed by atoms with Crippen LogP contribution < -0.4 is 30.2 Å². The Balaban J connectivity index is 1.58. The molecule has 3 N–H and O–H groups in total. The Labute approximate surface area is 203 Å². The number of methoxy groups -OCH3 is 2. The van der Waals surface area contributed by atoms with Gasteiger partial charge in [0.05, 0.1) is 25.8 Å². The molecule has 1 aliphatic rings. The number of ether oxygens (including phenoxy) is 3. The van der Waals surface area contributed by atoms with Crippen molar-refractivity contribution in [3.05, 3.63) is 95.2 Å². The Kier molecular flexibility index (Phi) is 7.21. The summed E-state index contributed by atoms with van der Waals surface area (Å²) in [7, 11) is 3.13. The molecule has 0 aromatic heterocycles. The minimum Gasteiger partial charge on any atom is -0.497 e. The second-order valence-electron chi connectivity index (χ2n) is 7.94. The molecule has 0 radical (unpaired) electrons. The number of urea groups is 1. The zero-order chi connectivity index (χ0) is 24.8. The molecule has 1 aliphatic heterocycles. The summed E-state index contributed by atoms with van der Waals surface area (Å²) in [6.45, 7) is 2.08. The predicted molar refractivity (Wildman–Crippen MR) is 133 cm³/mol. The maximum absolute atomic E-state index is 13.3. The number of allylic oxidation sites excluding steroid dienone is 1. The Morgan fingerprint density at radius 2 is 1.69 bits per heavy atom. The minimum absolute atomic E-state index is 0.339. The summed E-state index contributed by atoms with van der Waals surface area (Å²) in [5.41, 5.74) is 3.17. The van der Waals surface area contributed by atoms with Gasteiger partial charge in [-0.15, -0.1) is 0 Å². The van der Waals surface area contributed by atoms with Crippen LogP contribution in [0.2, 0.25) is 0 Å². The molecule has 0 saturated carbocycles. The highest BCUT2D eigenvalue weighted by molar-refractivity contribution is 6.06. The highest BCUT2D eigenvalue weighted by Crippen LogP contribution is 2.35. The molecule has 0 saturated heterocycles. The topological polar surface area (TPSA) is 97.9 Å². The van der Waals surface area contributed by atoms with Crippen molar-refractivity contribution in [1.29, 1.82) is 0 Å². The van der Waals surface area contributed by atoms with Crippen molar-refractivity contribution in [2.24, 2.45) is 0 Å². The molecule has 8 heteroatoms. The van der Waals surface area contributed by atoms with Crippen LogP contribution in [-0.2, 0) is 11.4 Å². The standard InChI is InChI=1S/C27H27N3O5/c1-17-24(26(31)29-20-10-12-21(33-2)13-11-20)25(30-27(32)28-17)19-9-14-22(23(15-19)34-3)35-16-18-7-5-4-6-8-18/h4-15,25H,16H2,1-3H3,(H,29,31)(H2,28,30,32). The van der Waals surface area contributed by atoms with E-state index in [9.17, 15) is 9.59 Å². The molecule has 4 rings (SSSR count). The predicted octanol–water partition coefficient (Wildman–Crippen LogP) is 4.55. The van der Waals surface area contributed by atoms with Crippen molar-refractivity contribution in [1.82, 2.24) is 10.6 Å². The van der Waals surface area contributed by atoms with Gasteiger partial charge in [-0.25, -0.2) is 4.79 Å². The van der Waals surface area contributed by atoms with E-state index < -0.39 is 12.1 Å². The van der Waals surface area contributed by atoms with Crippen molar-refractivity contribution in [3.8, 4) is 17.2 Å². The Hall–Kier alpha value is -4.46. The van der Waals surface area contributed by atoms with E-state index in [0.717, 1.165) is 5.56 Å². The molecule has 3 aromatic carbocycles. The smallest absolute Gasteiger partial charge is 0.319 e. The Morgan fingerprint density at radius 1 is 0.943 bits per heavy atom. The summed E-state index contributed by atoms with van der Waals surface area (Å²) in [5, 5.41) is 8.41. The molecule has 3 aromatic rings. The second-order valence-corrected chi connectivity index (χ2v) is 7.94. The average Bonchev–Trinajstić information content (AvgIpc) is 2.87. The fourth-order valence-corrected chi connectivity index (χ4v) is 3.84. The largest absolute Gasteiger partial charge is 0.497 e. The number of benzene rings is 3. The molecule has 1 heterocycles. The van der Waals surface area contributed by atoms with E-state index in [0.29, 0.717) is 46.4 Å². The number of amides is 3. The third-order valence-electron chi connectivity index (χ3n) is 5.62. The van der Waals surface area contributed by atoms with E-state index in [1.165, 1.54) is 0 Å². The molecular weight excluding hydrogens is 446 g/mol. The van der Waals surface area contributed by atoms with Gasteiger partial charge >= 0.3 is 6.03 Å². The molecule has 1 atom stereocenters. The average molecular weight is 474 g/mol. The summed E-state index contributed by atoms with van der Waals surface area (Å²) >= 11 is 0. The summed E-state index contributed by atoms with van der Waals surface area (Å²) in [4.78, 5) is 25.5. The number of rotatable bonds is 8. The summed E-state index contributed by atoms with van der Waals surface area (Å²) < 4.78 is 16.7. The molecule has 35 heavy (non-hydrogen) atoms. The highest BCUT2D eigenvalue weighted by Gasteiger charge is 2.32. The summed E-state index contributed by atoms with van der Waals surface area (Å²) in [5.74, 6) is 1.40. The first kappa shape index (κ1) is 23.7. The highest BCUT2D eigenvalue weighted by atomic mass is 16.5. The maximum Gasteiger partial charge on any atom is 0.319 e. The van der Waals surface area contributed by atoms with Gasteiger partial charge in [-0.05, 0) is 54.4 Å². The third kappa shape index (κ3) is 5.55. The quantitative estimate of drug-likeness (QED) is 0.446. The number of carbonyl (C=O) groups is 2. The van der Waals surface area contributed by atoms with Crippen LogP contribution in [0.1, 0.15) is 24.1 Å². The van der Waals surface area contributed by atoms with Gasteiger partial charge < -0.3 is 30.2 Å². The first-order valence-electron chi connectivity index (χ1n) is 11.1. The normalized spacial score (nSPS) is 15.1. The van der Waals surface area contributed by atoms with Crippen molar-refractivity contribution in [3.63, 3.8) is 0 Å². The first-order valence-corrected chi connectivity index (χ1v) is 11.1. The monoisotopic (exact) mass is 473 g/mol. The Morgan fingerprint density at radius 3 is 2.37 bits per heavy atom. The summed E-state index contributed by atoms with van der Waals surface area (Å²) in [6, 6.07) is 21.1. The van der Waals surface area contributed by atoms with Crippen LogP contribution >= 0.6 is 0 Å². The number of carbonyl (C=O) groups excluding carboxylic acids is 2. The van der Waals surface area contributed by atoms with Crippen molar-refractivity contribution in [2.75, 3.05) is 19.5 Å². The van der Waals surface area contributed by atoms with Gasteiger partial charge in [0.15, 0.2) is 11.5 Å². The van der Waals surface area contributed by atoms with Crippen LogP contribution in [0.15, 0.2) is 84.1 Å². The van der Waals surface area contributed by atoms with Gasteiger partial charge in [-0.2, -0.15) is 0 Å². The third-order valence-corrected chi connectivity index (χ3v) is 5.62. The van der Waals surface area contributed by atoms with Crippen LogP contribution in [-0.4, -0.2) is 26.2 Å². The molecule has 0 spiro atoms. The number of nitrogens with one attached hydrogen (secondary N) is 3. The zero-order valence-electron chi connectivity index (χ0n) is 19.8. The van der Waals surface area contributed by atoms with E-state index in [-0.39, 0.29) is 5.91 Å². The van der Waals surface area contributed by atoms with Crippen molar-refractivity contribution in [2.45, 2.75) is 19.6 Å². The van der Waals surface area contributed by atoms with E-state index in [1.54, 1.807) is 57.5 Å². The number of hydrogen-bond donors (Lipinski definition) is 3. The molecule has 0 aliphatic carbocycles. The van der Waals surface area contributed by atoms with Crippen LogP contribution in [0, 0.1) is 0 Å². The molecule has 0 fully saturated rings. The van der Waals surface area contributed by atoms with Gasteiger partial charge in [0.1, 0.15) is 12.4 Å². The molecule has 180 valence electrons. The Bertz CT molecular complexity index is 1240. The lowest BCUT2D eigenvalue weighted by atomic mass is 9.94. The lowest BCUT2D eigenvalue weighted by molar-refractivity contribution is -0.113. The maximum atomic E-state index is 13.3. The fourth-order valence-electron chi connectivity index (χ4n) is 3.84. The number of hydrogen-bond acceptors (Lipinski definition) is 5.